The van der Waals surface area contributed by atoms with Crippen LogP contribution < -0.4 is 10.2 Å². The quantitative estimate of drug-likeness (QED) is 0.551. The van der Waals surface area contributed by atoms with E-state index in [9.17, 15) is 14.4 Å². The van der Waals surface area contributed by atoms with Gasteiger partial charge in [-0.25, -0.2) is 4.90 Å². The third-order valence-electron chi connectivity index (χ3n) is 7.48. The molecule has 1 saturated heterocycles. The monoisotopic (exact) mass is 428 g/mol. The zero-order valence-electron chi connectivity index (χ0n) is 18.7. The van der Waals surface area contributed by atoms with Crippen molar-refractivity contribution in [2.24, 2.45) is 23.7 Å². The summed E-state index contributed by atoms with van der Waals surface area (Å²) in [5.74, 6) is -0.650. The van der Waals surface area contributed by atoms with Crippen molar-refractivity contribution in [3.8, 4) is 0 Å². The van der Waals surface area contributed by atoms with Crippen molar-refractivity contribution < 1.29 is 14.4 Å². The average Bonchev–Trinajstić information content (AvgIpc) is 3.44. The van der Waals surface area contributed by atoms with Crippen molar-refractivity contribution in [2.45, 2.75) is 40.0 Å². The molecule has 2 bridgehead atoms. The highest BCUT2D eigenvalue weighted by Crippen LogP contribution is 2.55. The van der Waals surface area contributed by atoms with Crippen LogP contribution in [0.3, 0.4) is 0 Å². The molecule has 0 aromatic heterocycles. The Morgan fingerprint density at radius 1 is 1.00 bits per heavy atom. The van der Waals surface area contributed by atoms with Crippen LogP contribution in [0.15, 0.2) is 54.1 Å². The summed E-state index contributed by atoms with van der Waals surface area (Å²) in [7, 11) is 0. The van der Waals surface area contributed by atoms with Crippen LogP contribution in [-0.4, -0.2) is 17.7 Å². The number of hydrogen-bond acceptors (Lipinski definition) is 3. The number of rotatable bonds is 5. The minimum Gasteiger partial charge on any atom is -0.321 e. The Morgan fingerprint density at radius 3 is 2.34 bits per heavy atom. The lowest BCUT2D eigenvalue weighted by atomic mass is 9.82. The first-order valence-electron chi connectivity index (χ1n) is 11.5. The molecule has 4 atom stereocenters. The van der Waals surface area contributed by atoms with Gasteiger partial charge in [0, 0.05) is 11.3 Å². The lowest BCUT2D eigenvalue weighted by Gasteiger charge is -2.19. The van der Waals surface area contributed by atoms with Crippen molar-refractivity contribution >= 4 is 29.1 Å². The van der Waals surface area contributed by atoms with E-state index in [1.165, 1.54) is 10.5 Å². The Bertz CT molecular complexity index is 1140. The highest BCUT2D eigenvalue weighted by Gasteiger charge is 2.60. The zero-order chi connectivity index (χ0) is 22.6. The van der Waals surface area contributed by atoms with Crippen LogP contribution in [0.5, 0.6) is 0 Å². The summed E-state index contributed by atoms with van der Waals surface area (Å²) in [6.07, 6.45) is 4.71. The predicted molar refractivity (Wildman–Crippen MR) is 124 cm³/mol. The molecule has 1 heterocycles. The third-order valence-corrected chi connectivity index (χ3v) is 7.48. The highest BCUT2D eigenvalue weighted by molar-refractivity contribution is 6.23. The van der Waals surface area contributed by atoms with Gasteiger partial charge in [0.05, 0.1) is 17.5 Å². The Labute approximate surface area is 188 Å². The fourth-order valence-electron chi connectivity index (χ4n) is 5.90. The highest BCUT2D eigenvalue weighted by atomic mass is 16.2. The molecule has 2 aliphatic carbocycles. The van der Waals surface area contributed by atoms with Gasteiger partial charge in [-0.15, -0.1) is 0 Å². The number of hydrogen-bond donors (Lipinski definition) is 1. The first-order chi connectivity index (χ1) is 15.4. The number of carbonyl (C=O) groups is 3. The number of anilines is 2. The van der Waals surface area contributed by atoms with Gasteiger partial charge in [0.25, 0.3) is 5.91 Å². The van der Waals surface area contributed by atoms with Gasteiger partial charge in [0.2, 0.25) is 11.8 Å². The van der Waals surface area contributed by atoms with Gasteiger partial charge >= 0.3 is 0 Å². The Balaban J connectivity index is 1.42. The second-order valence-electron chi connectivity index (χ2n) is 9.14. The Morgan fingerprint density at radius 2 is 1.66 bits per heavy atom. The smallest absolute Gasteiger partial charge is 0.255 e. The summed E-state index contributed by atoms with van der Waals surface area (Å²) in [6.45, 7) is 6.19. The van der Waals surface area contributed by atoms with E-state index in [2.05, 4.69) is 32.2 Å². The number of amides is 3. The largest absolute Gasteiger partial charge is 0.321 e. The van der Waals surface area contributed by atoms with Gasteiger partial charge in [-0.05, 0) is 67.3 Å². The number of nitrogens with zero attached hydrogens (tertiary/aromatic N) is 1. The zero-order valence-corrected chi connectivity index (χ0v) is 18.7. The van der Waals surface area contributed by atoms with Gasteiger partial charge in [0.15, 0.2) is 0 Å². The minimum absolute atomic E-state index is 0.123. The molecule has 0 spiro atoms. The molecule has 2 aromatic rings. The summed E-state index contributed by atoms with van der Waals surface area (Å²) in [4.78, 5) is 40.9. The van der Waals surface area contributed by atoms with E-state index in [4.69, 9.17) is 0 Å². The molecule has 0 radical (unpaired) electrons. The van der Waals surface area contributed by atoms with E-state index < -0.39 is 0 Å². The number of imide groups is 1. The van der Waals surface area contributed by atoms with Gasteiger partial charge in [0.1, 0.15) is 0 Å². The second kappa shape index (κ2) is 7.73. The summed E-state index contributed by atoms with van der Waals surface area (Å²) in [6, 6.07) is 12.9. The Hall–Kier alpha value is -3.21. The van der Waals surface area contributed by atoms with Crippen molar-refractivity contribution in [2.75, 3.05) is 10.2 Å². The molecular formula is C27H28N2O3. The number of carbonyl (C=O) groups excluding carboxylic acids is 3. The number of nitrogens with one attached hydrogen (secondary N) is 1. The van der Waals surface area contributed by atoms with Crippen molar-refractivity contribution in [1.82, 2.24) is 0 Å². The van der Waals surface area contributed by atoms with Crippen molar-refractivity contribution in [3.63, 3.8) is 0 Å². The van der Waals surface area contributed by atoms with E-state index in [1.807, 2.05) is 18.2 Å². The molecule has 32 heavy (non-hydrogen) atoms. The molecule has 2 aromatic carbocycles. The van der Waals surface area contributed by atoms with Crippen LogP contribution in [-0.2, 0) is 22.4 Å². The predicted octanol–water partition coefficient (Wildman–Crippen LogP) is 4.77. The molecule has 2 fully saturated rings. The molecule has 3 amide bonds. The maximum absolute atomic E-state index is 13.2. The maximum atomic E-state index is 13.2. The van der Waals surface area contributed by atoms with E-state index in [0.717, 1.165) is 36.1 Å². The fourth-order valence-corrected chi connectivity index (χ4v) is 5.90. The number of fused-ring (bicyclic) bond motifs is 5. The van der Waals surface area contributed by atoms with E-state index in [-0.39, 0.29) is 41.4 Å². The first kappa shape index (κ1) is 20.7. The van der Waals surface area contributed by atoms with Crippen LogP contribution in [0, 0.1) is 23.7 Å². The normalized spacial score (nSPS) is 25.8. The lowest BCUT2D eigenvalue weighted by Crippen LogP contribution is -2.33. The Kier molecular flexibility index (Phi) is 5.00. The average molecular weight is 429 g/mol. The van der Waals surface area contributed by atoms with Crippen LogP contribution in [0.2, 0.25) is 0 Å². The van der Waals surface area contributed by atoms with Gasteiger partial charge in [-0.1, -0.05) is 49.8 Å². The van der Waals surface area contributed by atoms with E-state index in [1.54, 1.807) is 24.3 Å². The summed E-state index contributed by atoms with van der Waals surface area (Å²) >= 11 is 0. The lowest BCUT2D eigenvalue weighted by molar-refractivity contribution is -0.123. The molecule has 3 aliphatic rings. The van der Waals surface area contributed by atoms with Crippen LogP contribution in [0.1, 0.15) is 48.7 Å². The molecule has 1 N–H and O–H groups in total. The number of aryl methyl sites for hydroxylation is 2. The summed E-state index contributed by atoms with van der Waals surface area (Å²) in [5.41, 5.74) is 5.18. The molecule has 164 valence electrons. The summed E-state index contributed by atoms with van der Waals surface area (Å²) in [5, 5.41) is 3.07. The standard InChI is InChI=1S/C27H28N2O3/c1-4-16-8-6-9-17(5-2)24(16)28-25(30)18-10-7-11-20(13-18)29-26(31)22-19-12-15(3)21(14-19)23(22)27(29)32/h6-13,19,21-23H,4-5,14H2,1-3H3,(H,28,30)/t19-,21+,22+,23+/m0/s1. The topological polar surface area (TPSA) is 66.5 Å². The number of para-hydroxylation sites is 1. The third kappa shape index (κ3) is 3.02. The van der Waals surface area contributed by atoms with E-state index in [0.29, 0.717) is 11.3 Å². The molecular weight excluding hydrogens is 400 g/mol. The number of allylic oxidation sites excluding steroid dienone is 2. The molecule has 1 saturated carbocycles. The minimum atomic E-state index is -0.253. The SMILES string of the molecule is CCc1cccc(CC)c1NC(=O)c1cccc(N2C(=O)[C@H]3[C@H](C2=O)[C@H]2C=C(C)[C@H]3C2)c1. The van der Waals surface area contributed by atoms with Gasteiger partial charge in [-0.3, -0.25) is 14.4 Å². The van der Waals surface area contributed by atoms with Gasteiger partial charge in [-0.2, -0.15) is 0 Å². The van der Waals surface area contributed by atoms with E-state index >= 15 is 0 Å². The van der Waals surface area contributed by atoms with Crippen LogP contribution >= 0.6 is 0 Å². The van der Waals surface area contributed by atoms with Crippen LogP contribution in [0.25, 0.3) is 0 Å². The van der Waals surface area contributed by atoms with Crippen LogP contribution in [0.4, 0.5) is 11.4 Å². The molecule has 5 heteroatoms. The maximum Gasteiger partial charge on any atom is 0.255 e. The molecule has 1 aliphatic heterocycles. The molecule has 0 unspecified atom stereocenters. The number of benzene rings is 2. The van der Waals surface area contributed by atoms with Crippen molar-refractivity contribution in [1.29, 1.82) is 0 Å². The summed E-state index contributed by atoms with van der Waals surface area (Å²) < 4.78 is 0. The second-order valence-corrected chi connectivity index (χ2v) is 9.14. The first-order valence-corrected chi connectivity index (χ1v) is 11.5. The fraction of sp³-hybridized carbons (Fsp3) is 0.370. The molecule has 5 rings (SSSR count). The van der Waals surface area contributed by atoms with Gasteiger partial charge < -0.3 is 5.32 Å². The molecule has 5 nitrogen and oxygen atoms in total. The van der Waals surface area contributed by atoms with Crippen molar-refractivity contribution in [3.05, 3.63) is 70.8 Å².